The van der Waals surface area contributed by atoms with E-state index >= 15 is 0 Å². The molecule has 0 saturated carbocycles. The van der Waals surface area contributed by atoms with Crippen LogP contribution in [0.1, 0.15) is 62.8 Å². The van der Waals surface area contributed by atoms with Crippen LogP contribution in [0.5, 0.6) is 0 Å². The molecule has 0 unspecified atom stereocenters. The molecule has 0 bridgehead atoms. The van der Waals surface area contributed by atoms with Gasteiger partial charge >= 0.3 is 0 Å². The molecule has 0 fully saturated rings. The summed E-state index contributed by atoms with van der Waals surface area (Å²) >= 11 is 0. The molecule has 0 spiro atoms. The molecule has 0 saturated heterocycles. The van der Waals surface area contributed by atoms with Gasteiger partial charge in [0.2, 0.25) is 0 Å². The summed E-state index contributed by atoms with van der Waals surface area (Å²) in [6.07, 6.45) is 6.05. The zero-order valence-corrected chi connectivity index (χ0v) is 13.5. The van der Waals surface area contributed by atoms with Crippen LogP contribution in [0, 0.1) is 0 Å². The minimum atomic E-state index is 0.560. The smallest absolute Gasteiger partial charge is 0.0726 e. The maximum atomic E-state index is 4.94. The molecule has 1 aliphatic rings. The predicted molar refractivity (Wildman–Crippen MR) is 91.3 cm³/mol. The zero-order valence-electron chi connectivity index (χ0n) is 13.5. The first-order valence-electron chi connectivity index (χ1n) is 8.40. The summed E-state index contributed by atoms with van der Waals surface area (Å²) in [5.41, 5.74) is 6.71. The van der Waals surface area contributed by atoms with Crippen molar-refractivity contribution in [2.24, 2.45) is 0 Å². The van der Waals surface area contributed by atoms with Crippen molar-refractivity contribution in [2.75, 3.05) is 11.9 Å². The second-order valence-corrected chi connectivity index (χ2v) is 6.48. The van der Waals surface area contributed by atoms with E-state index in [0.29, 0.717) is 5.92 Å². The number of hydrogen-bond acceptors (Lipinski definition) is 2. The van der Waals surface area contributed by atoms with Crippen molar-refractivity contribution in [3.63, 3.8) is 0 Å². The molecule has 1 aliphatic carbocycles. The quantitative estimate of drug-likeness (QED) is 0.848. The van der Waals surface area contributed by atoms with Gasteiger partial charge in [0, 0.05) is 23.3 Å². The summed E-state index contributed by atoms with van der Waals surface area (Å²) in [6, 6.07) is 6.79. The lowest BCUT2D eigenvalue weighted by Crippen LogP contribution is -2.12. The molecule has 1 N–H and O–H groups in total. The second kappa shape index (κ2) is 6.05. The number of hydrogen-bond donors (Lipinski definition) is 1. The Morgan fingerprint density at radius 2 is 2.00 bits per heavy atom. The van der Waals surface area contributed by atoms with Crippen molar-refractivity contribution >= 4 is 16.6 Å². The molecule has 0 amide bonds. The van der Waals surface area contributed by atoms with E-state index in [2.05, 4.69) is 44.3 Å². The molecule has 1 aromatic carbocycles. The summed E-state index contributed by atoms with van der Waals surface area (Å²) in [5.74, 6) is 0.560. The fourth-order valence-electron chi connectivity index (χ4n) is 3.25. The Morgan fingerprint density at radius 1 is 1.19 bits per heavy atom. The average Bonchev–Trinajstić information content (AvgIpc) is 2.50. The first-order valence-corrected chi connectivity index (χ1v) is 8.40. The van der Waals surface area contributed by atoms with Crippen molar-refractivity contribution in [1.29, 1.82) is 0 Å². The number of nitrogens with zero attached hydrogens (tertiary/aromatic N) is 1. The first-order chi connectivity index (χ1) is 10.2. The maximum Gasteiger partial charge on any atom is 0.0726 e. The molecule has 112 valence electrons. The Morgan fingerprint density at radius 3 is 2.76 bits per heavy atom. The molecule has 0 aliphatic heterocycles. The lowest BCUT2D eigenvalue weighted by Gasteiger charge is -2.22. The van der Waals surface area contributed by atoms with E-state index in [4.69, 9.17) is 4.98 Å². The Hall–Kier alpha value is -1.57. The highest BCUT2D eigenvalue weighted by atomic mass is 14.9. The third-order valence-electron chi connectivity index (χ3n) is 4.50. The van der Waals surface area contributed by atoms with Crippen LogP contribution in [0.3, 0.4) is 0 Å². The number of anilines is 1. The van der Waals surface area contributed by atoms with Crippen LogP contribution in [0.25, 0.3) is 10.9 Å². The van der Waals surface area contributed by atoms with Crippen molar-refractivity contribution in [1.82, 2.24) is 4.98 Å². The van der Waals surface area contributed by atoms with Gasteiger partial charge in [0.1, 0.15) is 0 Å². The molecule has 2 nitrogen and oxygen atoms in total. The van der Waals surface area contributed by atoms with E-state index in [9.17, 15) is 0 Å². The van der Waals surface area contributed by atoms with E-state index in [-0.39, 0.29) is 0 Å². The molecule has 1 heterocycles. The third-order valence-corrected chi connectivity index (χ3v) is 4.50. The number of rotatable bonds is 4. The molecule has 3 rings (SSSR count). The van der Waals surface area contributed by atoms with Gasteiger partial charge < -0.3 is 5.32 Å². The van der Waals surface area contributed by atoms with Gasteiger partial charge in [0.15, 0.2) is 0 Å². The van der Waals surface area contributed by atoms with Crippen molar-refractivity contribution in [3.8, 4) is 0 Å². The molecule has 2 heteroatoms. The highest BCUT2D eigenvalue weighted by Crippen LogP contribution is 2.34. The van der Waals surface area contributed by atoms with Crippen LogP contribution < -0.4 is 5.32 Å². The van der Waals surface area contributed by atoms with E-state index in [1.807, 2.05) is 0 Å². The third kappa shape index (κ3) is 2.76. The minimum absolute atomic E-state index is 0.560. The van der Waals surface area contributed by atoms with Crippen molar-refractivity contribution in [2.45, 2.75) is 58.8 Å². The largest absolute Gasteiger partial charge is 0.384 e. The summed E-state index contributed by atoms with van der Waals surface area (Å²) in [7, 11) is 0. The SMILES string of the molecule is CCCNc1c2c(nc3ccc(C(C)C)cc13)CCCC2. The monoisotopic (exact) mass is 282 g/mol. The topological polar surface area (TPSA) is 24.9 Å². The number of nitrogens with one attached hydrogen (secondary N) is 1. The van der Waals surface area contributed by atoms with Crippen LogP contribution in [0.4, 0.5) is 5.69 Å². The van der Waals surface area contributed by atoms with E-state index in [1.54, 1.807) is 0 Å². The maximum absolute atomic E-state index is 4.94. The van der Waals surface area contributed by atoms with Crippen molar-refractivity contribution in [3.05, 3.63) is 35.0 Å². The normalized spacial score (nSPS) is 14.5. The second-order valence-electron chi connectivity index (χ2n) is 6.48. The van der Waals surface area contributed by atoms with Gasteiger partial charge in [-0.1, -0.05) is 26.8 Å². The van der Waals surface area contributed by atoms with Gasteiger partial charge in [-0.3, -0.25) is 4.98 Å². The summed E-state index contributed by atoms with van der Waals surface area (Å²) in [4.78, 5) is 4.94. The summed E-state index contributed by atoms with van der Waals surface area (Å²) in [5, 5.41) is 5.01. The zero-order chi connectivity index (χ0) is 14.8. The molecular formula is C19H26N2. The lowest BCUT2D eigenvalue weighted by molar-refractivity contribution is 0.672. The van der Waals surface area contributed by atoms with Gasteiger partial charge in [-0.05, 0) is 61.3 Å². The van der Waals surface area contributed by atoms with E-state index in [0.717, 1.165) is 24.9 Å². The minimum Gasteiger partial charge on any atom is -0.384 e. The van der Waals surface area contributed by atoms with Crippen molar-refractivity contribution < 1.29 is 0 Å². The summed E-state index contributed by atoms with van der Waals surface area (Å²) in [6.45, 7) is 7.78. The van der Waals surface area contributed by atoms with Crippen LogP contribution >= 0.6 is 0 Å². The summed E-state index contributed by atoms with van der Waals surface area (Å²) < 4.78 is 0. The van der Waals surface area contributed by atoms with Gasteiger partial charge in [0.05, 0.1) is 5.52 Å². The van der Waals surface area contributed by atoms with Crippen LogP contribution in [-0.4, -0.2) is 11.5 Å². The molecule has 1 aromatic heterocycles. The highest BCUT2D eigenvalue weighted by Gasteiger charge is 2.18. The van der Waals surface area contributed by atoms with Crippen LogP contribution in [-0.2, 0) is 12.8 Å². The van der Waals surface area contributed by atoms with E-state index < -0.39 is 0 Å². The van der Waals surface area contributed by atoms with Gasteiger partial charge in [-0.2, -0.15) is 0 Å². The molecule has 2 aromatic rings. The van der Waals surface area contributed by atoms with Crippen LogP contribution in [0.2, 0.25) is 0 Å². The lowest BCUT2D eigenvalue weighted by atomic mass is 9.91. The van der Waals surface area contributed by atoms with Gasteiger partial charge in [-0.25, -0.2) is 0 Å². The molecule has 0 atom stereocenters. The van der Waals surface area contributed by atoms with E-state index in [1.165, 1.54) is 47.2 Å². The molecule has 21 heavy (non-hydrogen) atoms. The molecular weight excluding hydrogens is 256 g/mol. The number of pyridine rings is 1. The highest BCUT2D eigenvalue weighted by molar-refractivity contribution is 5.94. The average molecular weight is 282 g/mol. The predicted octanol–water partition coefficient (Wildman–Crippen LogP) is 5.06. The number of aromatic nitrogens is 1. The standard InChI is InChI=1S/C19H26N2/c1-4-11-20-19-15-7-5-6-8-17(15)21-18-10-9-14(13(2)3)12-16(18)19/h9-10,12-13H,4-8,11H2,1-3H3,(H,20,21). The Bertz CT molecular complexity index is 644. The van der Waals surface area contributed by atoms with Crippen LogP contribution in [0.15, 0.2) is 18.2 Å². The van der Waals surface area contributed by atoms with Gasteiger partial charge in [0.25, 0.3) is 0 Å². The Balaban J connectivity index is 2.20. The first kappa shape index (κ1) is 14.4. The fraction of sp³-hybridized carbons (Fsp3) is 0.526. The Kier molecular flexibility index (Phi) is 4.14. The Labute approximate surface area is 128 Å². The number of fused-ring (bicyclic) bond motifs is 2. The fourth-order valence-corrected chi connectivity index (χ4v) is 3.25. The molecule has 0 radical (unpaired) electrons. The van der Waals surface area contributed by atoms with Gasteiger partial charge in [-0.15, -0.1) is 0 Å². The number of aryl methyl sites for hydroxylation is 1. The number of benzene rings is 1.